The molecule has 3 N–H and O–H groups in total. The Hall–Kier alpha value is -4.68. The highest BCUT2D eigenvalue weighted by atomic mass is 32.2. The predicted molar refractivity (Wildman–Crippen MR) is 252 cm³/mol. The van der Waals surface area contributed by atoms with Gasteiger partial charge in [0.15, 0.2) is 15.9 Å². The number of nitrogens with zero attached hydrogens (tertiary/aromatic N) is 3. The van der Waals surface area contributed by atoms with Gasteiger partial charge >= 0.3 is 13.3 Å². The largest absolute Gasteiger partial charge is 0.404 e. The summed E-state index contributed by atoms with van der Waals surface area (Å²) in [6.07, 6.45) is 1.82. The summed E-state index contributed by atoms with van der Waals surface area (Å²) in [5, 5.41) is 13.5. The molecule has 6 rings (SSSR count). The van der Waals surface area contributed by atoms with Crippen molar-refractivity contribution in [3.05, 3.63) is 77.0 Å². The van der Waals surface area contributed by atoms with E-state index in [0.717, 1.165) is 41.2 Å². The van der Waals surface area contributed by atoms with Crippen molar-refractivity contribution in [3.63, 3.8) is 0 Å². The molecule has 0 spiro atoms. The van der Waals surface area contributed by atoms with Crippen molar-refractivity contribution < 1.29 is 51.2 Å². The molecule has 2 fully saturated rings. The van der Waals surface area contributed by atoms with Crippen molar-refractivity contribution in [2.75, 3.05) is 44.9 Å². The molecule has 3 heterocycles. The number of nitrogens with one attached hydrogen (secondary N) is 3. The minimum Gasteiger partial charge on any atom is -0.357 e. The van der Waals surface area contributed by atoms with Crippen LogP contribution < -0.4 is 10.6 Å². The molecular weight excluding hydrogens is 914 g/mol. The van der Waals surface area contributed by atoms with E-state index >= 15 is 8.78 Å². The molecular formula is C46H57F2N6O9PS2. The SMILES string of the molecule is CNC(=O)[C@@H]1CC[C@@H]2CCN(C(=O)c3n[nH]c4ccc(C)cc34)C[C@H](NC(=O)c3ccc4ccc(C(F)(F)P(=O)(OCCSC(=O)CC(C)C)OCCSC(=O)CC(C)C)cc4c3)C(=O)N21. The van der Waals surface area contributed by atoms with Gasteiger partial charge in [-0.15, -0.1) is 0 Å². The van der Waals surface area contributed by atoms with Gasteiger partial charge in [-0.25, -0.2) is 0 Å². The zero-order valence-corrected chi connectivity index (χ0v) is 40.4. The Morgan fingerprint density at radius 2 is 1.55 bits per heavy atom. The maximum Gasteiger partial charge on any atom is 0.404 e. The molecule has 0 radical (unpaired) electrons. The predicted octanol–water partition coefficient (Wildman–Crippen LogP) is 7.66. The molecule has 3 aromatic carbocycles. The number of thioether (sulfide) groups is 2. The van der Waals surface area contributed by atoms with Gasteiger partial charge in [-0.05, 0) is 79.1 Å². The number of H-pyrrole nitrogens is 1. The van der Waals surface area contributed by atoms with Gasteiger partial charge in [-0.1, -0.05) is 81.0 Å². The fraction of sp³-hybridized carbons (Fsp3) is 0.500. The van der Waals surface area contributed by atoms with E-state index in [1.165, 1.54) is 41.1 Å². The fourth-order valence-electron chi connectivity index (χ4n) is 8.12. The summed E-state index contributed by atoms with van der Waals surface area (Å²) in [4.78, 5) is 83.4. The molecule has 15 nitrogen and oxygen atoms in total. The topological polar surface area (TPSA) is 197 Å². The number of likely N-dealkylation sites (N-methyl/N-ethyl adjacent to an activating group) is 1. The van der Waals surface area contributed by atoms with Gasteiger partial charge in [-0.2, -0.15) is 13.9 Å². The number of aryl methyl sites for hydroxylation is 1. The lowest BCUT2D eigenvalue weighted by Gasteiger charge is -2.38. The number of fused-ring (bicyclic) bond motifs is 3. The summed E-state index contributed by atoms with van der Waals surface area (Å²) in [6, 6.07) is 10.9. The Morgan fingerprint density at radius 1 is 0.894 bits per heavy atom. The third kappa shape index (κ3) is 11.9. The molecule has 20 heteroatoms. The minimum atomic E-state index is -5.31. The van der Waals surface area contributed by atoms with E-state index in [1.807, 2.05) is 52.8 Å². The van der Waals surface area contributed by atoms with Gasteiger partial charge in [0.1, 0.15) is 12.1 Å². The third-order valence-corrected chi connectivity index (χ3v) is 15.1. The van der Waals surface area contributed by atoms with Crippen LogP contribution in [-0.4, -0.2) is 117 Å². The van der Waals surface area contributed by atoms with Gasteiger partial charge in [0.25, 0.3) is 11.8 Å². The number of carbonyl (C=O) groups excluding carboxylic acids is 6. The van der Waals surface area contributed by atoms with E-state index in [9.17, 15) is 33.3 Å². The maximum atomic E-state index is 16.6. The first kappa shape index (κ1) is 50.7. The highest BCUT2D eigenvalue weighted by molar-refractivity contribution is 8.13. The molecule has 0 unspecified atom stereocenters. The Balaban J connectivity index is 1.26. The van der Waals surface area contributed by atoms with Crippen molar-refractivity contribution in [2.24, 2.45) is 11.8 Å². The Labute approximate surface area is 391 Å². The standard InChI is InChI=1S/C46H57F2N6O9PS2/c1-27(2)21-39(55)65-19-17-62-64(61,63-18-20-66-40(56)22-28(3)4)46(47,48)33-11-10-30-8-9-31(24-32(30)25-33)42(57)50-37-26-53(45(60)41-35-23-29(5)7-13-36(35)51-52-41)16-15-34-12-14-38(43(58)49-6)54(34)44(37)59/h7-11,13,23-25,27-28,34,37-38H,12,14-22,26H2,1-6H3,(H,49,58)(H,50,57)(H,51,52)/t34-,37+,38+/m1/s1. The number of hydrogen-bond donors (Lipinski definition) is 3. The molecule has 1 aromatic heterocycles. The van der Waals surface area contributed by atoms with Crippen LogP contribution in [0, 0.1) is 18.8 Å². The van der Waals surface area contributed by atoms with Crippen molar-refractivity contribution in [2.45, 2.75) is 90.5 Å². The number of benzene rings is 3. The molecule has 2 saturated heterocycles. The van der Waals surface area contributed by atoms with Gasteiger partial charge in [0.2, 0.25) is 11.8 Å². The number of aromatic nitrogens is 2. The Morgan fingerprint density at radius 3 is 2.18 bits per heavy atom. The number of hydrogen-bond acceptors (Lipinski definition) is 12. The van der Waals surface area contributed by atoms with Gasteiger partial charge in [-0.3, -0.25) is 38.4 Å². The third-order valence-electron chi connectivity index (χ3n) is 11.4. The molecule has 356 valence electrons. The van der Waals surface area contributed by atoms with Crippen molar-refractivity contribution in [3.8, 4) is 0 Å². The second-order valence-electron chi connectivity index (χ2n) is 17.4. The van der Waals surface area contributed by atoms with Gasteiger partial charge in [0, 0.05) is 60.5 Å². The quantitative estimate of drug-likeness (QED) is 0.0651. The molecule has 66 heavy (non-hydrogen) atoms. The average molecular weight is 971 g/mol. The number of rotatable bonds is 18. The van der Waals surface area contributed by atoms with E-state index < -0.39 is 67.9 Å². The summed E-state index contributed by atoms with van der Waals surface area (Å²) in [7, 11) is -3.83. The summed E-state index contributed by atoms with van der Waals surface area (Å²) < 4.78 is 58.1. The van der Waals surface area contributed by atoms with Crippen LogP contribution >= 0.6 is 31.1 Å². The smallest absolute Gasteiger partial charge is 0.357 e. The second-order valence-corrected chi connectivity index (χ2v) is 21.8. The number of alkyl halides is 2. The van der Waals surface area contributed by atoms with Crippen LogP contribution in [0.1, 0.15) is 91.8 Å². The summed E-state index contributed by atoms with van der Waals surface area (Å²) in [5.74, 6) is -2.03. The normalized spacial score (nSPS) is 18.2. The maximum absolute atomic E-state index is 16.6. The number of carbonyl (C=O) groups is 6. The summed E-state index contributed by atoms with van der Waals surface area (Å²) >= 11 is 1.76. The molecule has 0 bridgehead atoms. The summed E-state index contributed by atoms with van der Waals surface area (Å²) in [6.45, 7) is 8.36. The molecule has 3 atom stereocenters. The van der Waals surface area contributed by atoms with Crippen LogP contribution in [0.2, 0.25) is 0 Å². The van der Waals surface area contributed by atoms with E-state index in [4.69, 9.17) is 9.05 Å². The highest BCUT2D eigenvalue weighted by Gasteiger charge is 2.55. The highest BCUT2D eigenvalue weighted by Crippen LogP contribution is 2.67. The van der Waals surface area contributed by atoms with Crippen molar-refractivity contribution >= 4 is 86.7 Å². The van der Waals surface area contributed by atoms with Gasteiger partial charge < -0.3 is 29.5 Å². The lowest BCUT2D eigenvalue weighted by atomic mass is 10.0. The zero-order chi connectivity index (χ0) is 47.9. The van der Waals surface area contributed by atoms with Crippen LogP contribution in [-0.2, 0) is 38.5 Å². The van der Waals surface area contributed by atoms with E-state index in [0.29, 0.717) is 35.6 Å². The van der Waals surface area contributed by atoms with E-state index in [2.05, 4.69) is 20.8 Å². The van der Waals surface area contributed by atoms with Crippen molar-refractivity contribution in [1.82, 2.24) is 30.6 Å². The first-order chi connectivity index (χ1) is 31.3. The number of amides is 4. The first-order valence-corrected chi connectivity index (χ1v) is 25.5. The number of aromatic amines is 1. The van der Waals surface area contributed by atoms with Crippen molar-refractivity contribution in [1.29, 1.82) is 0 Å². The molecule has 2 aliphatic rings. The first-order valence-electron chi connectivity index (χ1n) is 22.0. The van der Waals surface area contributed by atoms with Crippen LogP contribution in [0.25, 0.3) is 21.7 Å². The molecule has 0 saturated carbocycles. The lowest BCUT2D eigenvalue weighted by molar-refractivity contribution is -0.142. The Kier molecular flexibility index (Phi) is 16.9. The number of halogens is 2. The fourth-order valence-corrected chi connectivity index (χ4v) is 11.6. The molecule has 4 amide bonds. The molecule has 4 aromatic rings. The molecule has 2 aliphatic heterocycles. The van der Waals surface area contributed by atoms with E-state index in [1.54, 1.807) is 0 Å². The van der Waals surface area contributed by atoms with Gasteiger partial charge in [0.05, 0.1) is 25.3 Å². The summed E-state index contributed by atoms with van der Waals surface area (Å²) in [5.41, 5.74) is -3.23. The van der Waals surface area contributed by atoms with Crippen LogP contribution in [0.3, 0.4) is 0 Å². The van der Waals surface area contributed by atoms with E-state index in [-0.39, 0.29) is 82.1 Å². The van der Waals surface area contributed by atoms with Crippen LogP contribution in [0.4, 0.5) is 8.78 Å². The Bertz CT molecular complexity index is 2490. The zero-order valence-electron chi connectivity index (χ0n) is 37.9. The average Bonchev–Trinajstić information content (AvgIpc) is 3.89. The molecule has 0 aliphatic carbocycles. The minimum absolute atomic E-state index is 0.00726. The van der Waals surface area contributed by atoms with Crippen LogP contribution in [0.5, 0.6) is 0 Å². The monoisotopic (exact) mass is 970 g/mol. The lowest BCUT2D eigenvalue weighted by Crippen LogP contribution is -2.61. The van der Waals surface area contributed by atoms with Crippen LogP contribution in [0.15, 0.2) is 54.6 Å². The second kappa shape index (κ2) is 22.0.